The summed E-state index contributed by atoms with van der Waals surface area (Å²) in [5.41, 5.74) is 2.33. The van der Waals surface area contributed by atoms with E-state index in [-0.39, 0.29) is 11.9 Å². The van der Waals surface area contributed by atoms with E-state index in [9.17, 15) is 4.79 Å². The molecular weight excluding hydrogens is 340 g/mol. The predicted molar refractivity (Wildman–Crippen MR) is 106 cm³/mol. The van der Waals surface area contributed by atoms with E-state index in [1.165, 1.54) is 5.56 Å². The summed E-state index contributed by atoms with van der Waals surface area (Å²) in [4.78, 5) is 14.7. The van der Waals surface area contributed by atoms with Crippen LogP contribution in [-0.2, 0) is 6.61 Å². The van der Waals surface area contributed by atoms with E-state index < -0.39 is 0 Å². The molecule has 2 aromatic rings. The molecule has 0 aliphatic carbocycles. The van der Waals surface area contributed by atoms with Gasteiger partial charge in [0.15, 0.2) is 5.76 Å². The number of piperidine rings is 1. The van der Waals surface area contributed by atoms with Crippen LogP contribution in [-0.4, -0.2) is 37.0 Å². The molecule has 1 aromatic heterocycles. The minimum absolute atomic E-state index is 0.144. The first-order valence-corrected chi connectivity index (χ1v) is 9.74. The smallest absolute Gasteiger partial charge is 0.287 e. The molecule has 1 saturated heterocycles. The first kappa shape index (κ1) is 19.5. The van der Waals surface area contributed by atoms with E-state index in [0.717, 1.165) is 37.2 Å². The van der Waals surface area contributed by atoms with Gasteiger partial charge in [0.25, 0.3) is 5.91 Å². The van der Waals surface area contributed by atoms with E-state index in [1.54, 1.807) is 6.07 Å². The fourth-order valence-corrected chi connectivity index (χ4v) is 3.38. The highest BCUT2D eigenvalue weighted by atomic mass is 16.5. The maximum atomic E-state index is 12.4. The third kappa shape index (κ3) is 5.13. The largest absolute Gasteiger partial charge is 0.485 e. The van der Waals surface area contributed by atoms with Crippen LogP contribution in [0.5, 0.6) is 5.75 Å². The van der Waals surface area contributed by atoms with E-state index in [2.05, 4.69) is 50.2 Å². The maximum Gasteiger partial charge on any atom is 0.287 e. The highest BCUT2D eigenvalue weighted by Gasteiger charge is 2.21. The number of likely N-dealkylation sites (tertiary alicyclic amines) is 1. The number of nitrogens with one attached hydrogen (secondary N) is 1. The molecule has 5 heteroatoms. The van der Waals surface area contributed by atoms with Gasteiger partial charge in [-0.2, -0.15) is 0 Å². The average molecular weight is 370 g/mol. The van der Waals surface area contributed by atoms with Crippen molar-refractivity contribution in [3.63, 3.8) is 0 Å². The second-order valence-corrected chi connectivity index (χ2v) is 7.80. The summed E-state index contributed by atoms with van der Waals surface area (Å²) in [6.45, 7) is 8.68. The number of carbonyl (C=O) groups excluding carboxylic acids is 1. The molecule has 0 bridgehead atoms. The molecule has 0 unspecified atom stereocenters. The summed E-state index contributed by atoms with van der Waals surface area (Å²) in [7, 11) is 2.11. The Kier molecular flexibility index (Phi) is 6.22. The third-order valence-electron chi connectivity index (χ3n) is 5.10. The fourth-order valence-electron chi connectivity index (χ4n) is 3.38. The van der Waals surface area contributed by atoms with Gasteiger partial charge in [-0.25, -0.2) is 0 Å². The molecule has 1 aromatic carbocycles. The van der Waals surface area contributed by atoms with Crippen molar-refractivity contribution in [2.45, 2.75) is 52.2 Å². The lowest BCUT2D eigenvalue weighted by Crippen LogP contribution is -2.43. The van der Waals surface area contributed by atoms with Crippen LogP contribution in [0.3, 0.4) is 0 Å². The summed E-state index contributed by atoms with van der Waals surface area (Å²) in [5, 5.41) is 3.07. The predicted octanol–water partition coefficient (Wildman–Crippen LogP) is 4.11. The molecule has 0 spiro atoms. The quantitative estimate of drug-likeness (QED) is 0.831. The highest BCUT2D eigenvalue weighted by molar-refractivity contribution is 5.91. The highest BCUT2D eigenvalue weighted by Crippen LogP contribution is 2.28. The van der Waals surface area contributed by atoms with E-state index in [4.69, 9.17) is 9.15 Å². The number of carbonyl (C=O) groups is 1. The van der Waals surface area contributed by atoms with Gasteiger partial charge in [-0.05, 0) is 75.1 Å². The van der Waals surface area contributed by atoms with Crippen molar-refractivity contribution in [1.29, 1.82) is 0 Å². The van der Waals surface area contributed by atoms with Gasteiger partial charge in [0, 0.05) is 6.04 Å². The van der Waals surface area contributed by atoms with Gasteiger partial charge in [-0.3, -0.25) is 4.79 Å². The van der Waals surface area contributed by atoms with Crippen molar-refractivity contribution in [3.05, 3.63) is 53.0 Å². The number of amides is 1. The summed E-state index contributed by atoms with van der Waals surface area (Å²) in [6.07, 6.45) is 1.95. The number of benzene rings is 1. The first-order valence-electron chi connectivity index (χ1n) is 9.74. The SMILES string of the molecule is Cc1ccc(C(C)C)c(OCc2ccc(C(=O)NC3CCN(C)CC3)o2)c1. The molecule has 0 radical (unpaired) electrons. The summed E-state index contributed by atoms with van der Waals surface area (Å²) in [5.74, 6) is 2.11. The van der Waals surface area contributed by atoms with Gasteiger partial charge in [0.05, 0.1) is 0 Å². The Morgan fingerprint density at radius 1 is 1.26 bits per heavy atom. The second kappa shape index (κ2) is 8.61. The van der Waals surface area contributed by atoms with Crippen molar-refractivity contribution in [3.8, 4) is 5.75 Å². The fraction of sp³-hybridized carbons (Fsp3) is 0.500. The molecule has 146 valence electrons. The number of rotatable bonds is 6. The van der Waals surface area contributed by atoms with Gasteiger partial charge in [0.2, 0.25) is 0 Å². The number of hydrogen-bond acceptors (Lipinski definition) is 4. The molecule has 3 rings (SSSR count). The minimum Gasteiger partial charge on any atom is -0.485 e. The molecule has 5 nitrogen and oxygen atoms in total. The van der Waals surface area contributed by atoms with Crippen LogP contribution in [0.25, 0.3) is 0 Å². The molecule has 0 saturated carbocycles. The molecule has 1 aliphatic rings. The number of hydrogen-bond donors (Lipinski definition) is 1. The van der Waals surface area contributed by atoms with E-state index in [1.807, 2.05) is 12.1 Å². The monoisotopic (exact) mass is 370 g/mol. The lowest BCUT2D eigenvalue weighted by atomic mass is 10.0. The minimum atomic E-state index is -0.144. The van der Waals surface area contributed by atoms with Crippen molar-refractivity contribution >= 4 is 5.91 Å². The number of nitrogens with zero attached hydrogens (tertiary/aromatic N) is 1. The molecule has 1 amide bonds. The van der Waals surface area contributed by atoms with Crippen LogP contribution >= 0.6 is 0 Å². The van der Waals surface area contributed by atoms with Crippen LogP contribution < -0.4 is 10.1 Å². The lowest BCUT2D eigenvalue weighted by Gasteiger charge is -2.29. The normalized spacial score (nSPS) is 15.9. The molecule has 1 N–H and O–H groups in total. The Bertz CT molecular complexity index is 774. The Balaban J connectivity index is 1.58. The van der Waals surface area contributed by atoms with Crippen LogP contribution in [0.2, 0.25) is 0 Å². The Morgan fingerprint density at radius 3 is 2.70 bits per heavy atom. The van der Waals surface area contributed by atoms with E-state index in [0.29, 0.717) is 24.0 Å². The summed E-state index contributed by atoms with van der Waals surface area (Å²) >= 11 is 0. The third-order valence-corrected chi connectivity index (χ3v) is 5.10. The van der Waals surface area contributed by atoms with E-state index >= 15 is 0 Å². The zero-order valence-electron chi connectivity index (χ0n) is 16.7. The standard InChI is InChI=1S/C22H30N2O3/c1-15(2)19-7-5-16(3)13-21(19)26-14-18-6-8-20(27-18)22(25)23-17-9-11-24(4)12-10-17/h5-8,13,15,17H,9-12,14H2,1-4H3,(H,23,25). The zero-order chi connectivity index (χ0) is 19.4. The van der Waals surface area contributed by atoms with Crippen LogP contribution in [0.4, 0.5) is 0 Å². The van der Waals surface area contributed by atoms with Crippen molar-refractivity contribution in [2.75, 3.05) is 20.1 Å². The topological polar surface area (TPSA) is 54.7 Å². The number of aryl methyl sites for hydroxylation is 1. The van der Waals surface area contributed by atoms with Crippen LogP contribution in [0, 0.1) is 6.92 Å². The van der Waals surface area contributed by atoms with Crippen molar-refractivity contribution in [2.24, 2.45) is 0 Å². The number of furan rings is 1. The lowest BCUT2D eigenvalue weighted by molar-refractivity contribution is 0.0884. The molecule has 0 atom stereocenters. The first-order chi connectivity index (χ1) is 12.9. The molecule has 1 aliphatic heterocycles. The molecule has 27 heavy (non-hydrogen) atoms. The van der Waals surface area contributed by atoms with Crippen molar-refractivity contribution in [1.82, 2.24) is 10.2 Å². The molecule has 2 heterocycles. The average Bonchev–Trinajstić information content (AvgIpc) is 3.11. The molecular formula is C22H30N2O3. The summed E-state index contributed by atoms with van der Waals surface area (Å²) < 4.78 is 11.7. The maximum absolute atomic E-state index is 12.4. The van der Waals surface area contributed by atoms with Crippen molar-refractivity contribution < 1.29 is 13.9 Å². The Labute approximate surface area is 161 Å². The second-order valence-electron chi connectivity index (χ2n) is 7.80. The number of ether oxygens (including phenoxy) is 1. The zero-order valence-corrected chi connectivity index (χ0v) is 16.7. The van der Waals surface area contributed by atoms with Gasteiger partial charge in [-0.1, -0.05) is 26.0 Å². The summed E-state index contributed by atoms with van der Waals surface area (Å²) in [6, 6.07) is 10.0. The Morgan fingerprint density at radius 2 is 2.00 bits per heavy atom. The van der Waals surface area contributed by atoms with Crippen LogP contribution in [0.15, 0.2) is 34.7 Å². The van der Waals surface area contributed by atoms with Gasteiger partial charge < -0.3 is 19.4 Å². The molecule has 1 fully saturated rings. The van der Waals surface area contributed by atoms with Crippen LogP contribution in [0.1, 0.15) is 60.0 Å². The van der Waals surface area contributed by atoms with Gasteiger partial charge in [-0.15, -0.1) is 0 Å². The van der Waals surface area contributed by atoms with Gasteiger partial charge in [0.1, 0.15) is 18.1 Å². The Hall–Kier alpha value is -2.27. The van der Waals surface area contributed by atoms with Gasteiger partial charge >= 0.3 is 0 Å².